The first-order valence-corrected chi connectivity index (χ1v) is 7.59. The molecule has 118 valence electrons. The van der Waals surface area contributed by atoms with Crippen LogP contribution in [0.1, 0.15) is 48.9 Å². The van der Waals surface area contributed by atoms with E-state index in [-0.39, 0.29) is 17.9 Å². The summed E-state index contributed by atoms with van der Waals surface area (Å²) in [5.41, 5.74) is 0.814. The van der Waals surface area contributed by atoms with Gasteiger partial charge in [-0.3, -0.25) is 4.79 Å². The molecule has 0 spiro atoms. The Bertz CT molecular complexity index is 451. The topological polar surface area (TPSA) is 67.6 Å². The van der Waals surface area contributed by atoms with Gasteiger partial charge in [-0.2, -0.15) is 0 Å². The summed E-state index contributed by atoms with van der Waals surface area (Å²) in [5, 5.41) is 6.95. The van der Waals surface area contributed by atoms with Gasteiger partial charge in [0.05, 0.1) is 12.3 Å². The molecule has 0 atom stereocenters. The highest BCUT2D eigenvalue weighted by atomic mass is 16.5. The van der Waals surface area contributed by atoms with Gasteiger partial charge >= 0.3 is 0 Å². The zero-order valence-electron chi connectivity index (χ0n) is 13.1. The highest BCUT2D eigenvalue weighted by Crippen LogP contribution is 2.15. The molecular weight excluding hydrogens is 270 g/mol. The van der Waals surface area contributed by atoms with Gasteiger partial charge in [-0.15, -0.1) is 0 Å². The number of ether oxygens (including phenoxy) is 1. The molecule has 2 heterocycles. The van der Waals surface area contributed by atoms with Crippen molar-refractivity contribution >= 4 is 5.91 Å². The van der Waals surface area contributed by atoms with Crippen molar-refractivity contribution in [2.45, 2.75) is 38.6 Å². The lowest BCUT2D eigenvalue weighted by Crippen LogP contribution is -2.45. The number of likely N-dealkylation sites (tertiary alicyclic amines) is 1. The average molecular weight is 295 g/mol. The molecule has 1 aliphatic rings. The van der Waals surface area contributed by atoms with E-state index < -0.39 is 0 Å². The molecule has 21 heavy (non-hydrogen) atoms. The van der Waals surface area contributed by atoms with Crippen LogP contribution in [0.3, 0.4) is 0 Å². The first kappa shape index (κ1) is 16.0. The van der Waals surface area contributed by atoms with E-state index >= 15 is 0 Å². The van der Waals surface area contributed by atoms with Crippen molar-refractivity contribution < 1.29 is 14.1 Å². The third-order valence-corrected chi connectivity index (χ3v) is 3.88. The van der Waals surface area contributed by atoms with E-state index in [1.54, 1.807) is 13.2 Å². The molecule has 0 unspecified atom stereocenters. The summed E-state index contributed by atoms with van der Waals surface area (Å²) in [6, 6.07) is 1.94. The zero-order chi connectivity index (χ0) is 15.2. The standard InChI is InChI=1S/C15H25N3O3/c1-11(2)13-10-14(21-17-13)15(19)16-12-4-6-18(7-5-12)8-9-20-3/h10-12H,4-9H2,1-3H3,(H,16,19). The molecule has 2 rings (SSSR count). The fraction of sp³-hybridized carbons (Fsp3) is 0.733. The van der Waals surface area contributed by atoms with E-state index in [9.17, 15) is 4.79 Å². The molecule has 1 saturated heterocycles. The molecule has 1 amide bonds. The molecule has 0 aliphatic carbocycles. The maximum absolute atomic E-state index is 12.1. The Balaban J connectivity index is 1.78. The predicted octanol–water partition coefficient (Wildman–Crippen LogP) is 1.64. The van der Waals surface area contributed by atoms with Crippen molar-refractivity contribution in [2.24, 2.45) is 0 Å². The highest BCUT2D eigenvalue weighted by molar-refractivity contribution is 5.91. The summed E-state index contributed by atoms with van der Waals surface area (Å²) < 4.78 is 10.2. The summed E-state index contributed by atoms with van der Waals surface area (Å²) in [4.78, 5) is 14.5. The largest absolute Gasteiger partial charge is 0.383 e. The van der Waals surface area contributed by atoms with Crippen LogP contribution in [0.2, 0.25) is 0 Å². The van der Waals surface area contributed by atoms with Crippen LogP contribution >= 0.6 is 0 Å². The summed E-state index contributed by atoms with van der Waals surface area (Å²) in [5.74, 6) is 0.407. The SMILES string of the molecule is COCCN1CCC(NC(=O)c2cc(C(C)C)no2)CC1. The van der Waals surface area contributed by atoms with Gasteiger partial charge < -0.3 is 19.5 Å². The van der Waals surface area contributed by atoms with Crippen molar-refractivity contribution in [3.05, 3.63) is 17.5 Å². The molecule has 1 N–H and O–H groups in total. The van der Waals surface area contributed by atoms with Crippen molar-refractivity contribution in [3.63, 3.8) is 0 Å². The number of aromatic nitrogens is 1. The molecule has 6 nitrogen and oxygen atoms in total. The van der Waals surface area contributed by atoms with Crippen LogP contribution in [0.5, 0.6) is 0 Å². The van der Waals surface area contributed by atoms with Gasteiger partial charge in [-0.1, -0.05) is 19.0 Å². The average Bonchev–Trinajstić information content (AvgIpc) is 2.97. The maximum Gasteiger partial charge on any atom is 0.290 e. The number of carbonyl (C=O) groups is 1. The number of rotatable bonds is 6. The Hall–Kier alpha value is -1.40. The molecule has 0 bridgehead atoms. The van der Waals surface area contributed by atoms with Crippen molar-refractivity contribution in [2.75, 3.05) is 33.4 Å². The third kappa shape index (κ3) is 4.54. The molecule has 1 aromatic heterocycles. The fourth-order valence-corrected chi connectivity index (χ4v) is 2.45. The Morgan fingerprint density at radius 3 is 2.81 bits per heavy atom. The predicted molar refractivity (Wildman–Crippen MR) is 79.4 cm³/mol. The molecule has 6 heteroatoms. The van der Waals surface area contributed by atoms with Crippen LogP contribution in [0, 0.1) is 0 Å². The number of amides is 1. The van der Waals surface area contributed by atoms with E-state index in [4.69, 9.17) is 9.26 Å². The normalized spacial score (nSPS) is 17.3. The molecule has 1 aliphatic heterocycles. The summed E-state index contributed by atoms with van der Waals surface area (Å²) in [7, 11) is 1.72. The van der Waals surface area contributed by atoms with Gasteiger partial charge in [0.1, 0.15) is 0 Å². The summed E-state index contributed by atoms with van der Waals surface area (Å²) in [6.07, 6.45) is 1.92. The first-order valence-electron chi connectivity index (χ1n) is 7.59. The quantitative estimate of drug-likeness (QED) is 0.864. The molecule has 0 aromatic carbocycles. The van der Waals surface area contributed by atoms with Crippen molar-refractivity contribution in [1.82, 2.24) is 15.4 Å². The summed E-state index contributed by atoms with van der Waals surface area (Å²) in [6.45, 7) is 7.73. The first-order chi connectivity index (χ1) is 10.1. The maximum atomic E-state index is 12.1. The van der Waals surface area contributed by atoms with E-state index in [2.05, 4.69) is 15.4 Å². The van der Waals surface area contributed by atoms with Crippen LogP contribution in [0.4, 0.5) is 0 Å². The minimum absolute atomic E-state index is 0.162. The lowest BCUT2D eigenvalue weighted by Gasteiger charge is -2.31. The number of nitrogens with zero attached hydrogens (tertiary/aromatic N) is 2. The molecule has 1 aromatic rings. The Kier molecular flexibility index (Phi) is 5.76. The highest BCUT2D eigenvalue weighted by Gasteiger charge is 2.22. The second-order valence-corrected chi connectivity index (χ2v) is 5.85. The van der Waals surface area contributed by atoms with Gasteiger partial charge in [0, 0.05) is 38.9 Å². The Morgan fingerprint density at radius 1 is 1.52 bits per heavy atom. The van der Waals surface area contributed by atoms with Gasteiger partial charge in [-0.05, 0) is 18.8 Å². The minimum Gasteiger partial charge on any atom is -0.383 e. The van der Waals surface area contributed by atoms with Gasteiger partial charge in [0.25, 0.3) is 5.91 Å². The van der Waals surface area contributed by atoms with E-state index in [1.165, 1.54) is 0 Å². The molecule has 1 fully saturated rings. The smallest absolute Gasteiger partial charge is 0.290 e. The number of methoxy groups -OCH3 is 1. The number of hydrogen-bond acceptors (Lipinski definition) is 5. The second-order valence-electron chi connectivity index (χ2n) is 5.85. The molecule has 0 saturated carbocycles. The Morgan fingerprint density at radius 2 is 2.24 bits per heavy atom. The molecular formula is C15H25N3O3. The monoisotopic (exact) mass is 295 g/mol. The Labute approximate surface area is 125 Å². The van der Waals surface area contributed by atoms with Crippen LogP contribution in [0.15, 0.2) is 10.6 Å². The second kappa shape index (κ2) is 7.56. The number of carbonyl (C=O) groups excluding carboxylic acids is 1. The number of nitrogens with one attached hydrogen (secondary N) is 1. The lowest BCUT2D eigenvalue weighted by molar-refractivity contribution is 0.0857. The van der Waals surface area contributed by atoms with E-state index in [1.807, 2.05) is 13.8 Å². The van der Waals surface area contributed by atoms with Gasteiger partial charge in [-0.25, -0.2) is 0 Å². The zero-order valence-corrected chi connectivity index (χ0v) is 13.1. The van der Waals surface area contributed by atoms with Crippen LogP contribution in [0.25, 0.3) is 0 Å². The van der Waals surface area contributed by atoms with Crippen LogP contribution < -0.4 is 5.32 Å². The van der Waals surface area contributed by atoms with Crippen LogP contribution in [-0.2, 0) is 4.74 Å². The molecule has 0 radical (unpaired) electrons. The van der Waals surface area contributed by atoms with Gasteiger partial charge in [0.2, 0.25) is 5.76 Å². The van der Waals surface area contributed by atoms with E-state index in [0.29, 0.717) is 5.76 Å². The van der Waals surface area contributed by atoms with Crippen LogP contribution in [-0.4, -0.2) is 55.4 Å². The summed E-state index contributed by atoms with van der Waals surface area (Å²) >= 11 is 0. The van der Waals surface area contributed by atoms with Crippen molar-refractivity contribution in [1.29, 1.82) is 0 Å². The third-order valence-electron chi connectivity index (χ3n) is 3.88. The minimum atomic E-state index is -0.162. The van der Waals surface area contributed by atoms with E-state index in [0.717, 1.165) is 44.8 Å². The van der Waals surface area contributed by atoms with Gasteiger partial charge in [0.15, 0.2) is 0 Å². The van der Waals surface area contributed by atoms with Crippen molar-refractivity contribution in [3.8, 4) is 0 Å². The fourth-order valence-electron chi connectivity index (χ4n) is 2.45. The lowest BCUT2D eigenvalue weighted by atomic mass is 10.0. The number of piperidine rings is 1. The number of hydrogen-bond donors (Lipinski definition) is 1.